The van der Waals surface area contributed by atoms with E-state index in [-0.39, 0.29) is 11.7 Å². The maximum Gasteiger partial charge on any atom is 0.251 e. The Morgan fingerprint density at radius 3 is 2.26 bits per heavy atom. The largest absolute Gasteiger partial charge is 0.369 e. The Balaban J connectivity index is 1.24. The van der Waals surface area contributed by atoms with E-state index >= 15 is 0 Å². The molecule has 31 heavy (non-hydrogen) atoms. The minimum atomic E-state index is -3.32. The number of anilines is 1. The van der Waals surface area contributed by atoms with Gasteiger partial charge in [0.25, 0.3) is 5.91 Å². The first-order valence-electron chi connectivity index (χ1n) is 10.6. The molecule has 162 valence electrons. The van der Waals surface area contributed by atoms with Gasteiger partial charge in [0.15, 0.2) is 0 Å². The van der Waals surface area contributed by atoms with E-state index in [1.807, 2.05) is 66.7 Å². The zero-order valence-corrected chi connectivity index (χ0v) is 18.2. The van der Waals surface area contributed by atoms with E-state index in [4.69, 9.17) is 0 Å². The molecule has 1 heterocycles. The number of carbonyl (C=O) groups is 1. The Morgan fingerprint density at radius 1 is 0.839 bits per heavy atom. The molecule has 0 bridgehead atoms. The summed E-state index contributed by atoms with van der Waals surface area (Å²) in [5, 5.41) is 4.93. The highest BCUT2D eigenvalue weighted by atomic mass is 32.2. The molecule has 0 saturated carbocycles. The second-order valence-corrected chi connectivity index (χ2v) is 9.80. The van der Waals surface area contributed by atoms with E-state index < -0.39 is 10.0 Å². The minimum Gasteiger partial charge on any atom is -0.369 e. The molecular formula is C24H27N3O3S. The lowest BCUT2D eigenvalue weighted by Gasteiger charge is -2.35. The van der Waals surface area contributed by atoms with Gasteiger partial charge in [0, 0.05) is 44.0 Å². The number of hydrogen-bond donors (Lipinski definition) is 1. The molecule has 0 unspecified atom stereocenters. The van der Waals surface area contributed by atoms with Crippen molar-refractivity contribution in [3.63, 3.8) is 0 Å². The van der Waals surface area contributed by atoms with Crippen molar-refractivity contribution in [2.24, 2.45) is 0 Å². The molecule has 1 aliphatic heterocycles. The summed E-state index contributed by atoms with van der Waals surface area (Å²) in [7, 11) is -3.32. The summed E-state index contributed by atoms with van der Waals surface area (Å²) in [6.45, 7) is 2.67. The van der Waals surface area contributed by atoms with E-state index in [1.54, 1.807) is 10.4 Å². The third-order valence-corrected chi connectivity index (χ3v) is 7.59. The second kappa shape index (κ2) is 9.49. The highest BCUT2D eigenvalue weighted by Gasteiger charge is 2.26. The van der Waals surface area contributed by atoms with Gasteiger partial charge in [-0.15, -0.1) is 0 Å². The third kappa shape index (κ3) is 5.24. The lowest BCUT2D eigenvalue weighted by Crippen LogP contribution is -2.49. The summed E-state index contributed by atoms with van der Waals surface area (Å²) in [4.78, 5) is 14.6. The molecule has 1 amide bonds. The van der Waals surface area contributed by atoms with Gasteiger partial charge in [-0.05, 0) is 41.5 Å². The van der Waals surface area contributed by atoms with Crippen molar-refractivity contribution in [3.8, 4) is 0 Å². The first-order chi connectivity index (χ1) is 15.0. The van der Waals surface area contributed by atoms with Crippen LogP contribution in [0.1, 0.15) is 16.8 Å². The number of nitrogens with zero attached hydrogens (tertiary/aromatic N) is 2. The Bertz CT molecular complexity index is 1140. The van der Waals surface area contributed by atoms with Crippen LogP contribution in [-0.2, 0) is 10.0 Å². The standard InChI is InChI=1S/C24H27N3O3S/c28-24(22-12-11-20-7-4-5-8-21(20)19-22)25-13-6-18-31(29,30)27-16-14-26(15-17-27)23-9-2-1-3-10-23/h1-5,7-12,19H,6,13-18H2,(H,25,28). The van der Waals surface area contributed by atoms with Crippen LogP contribution in [0.15, 0.2) is 72.8 Å². The fraction of sp³-hybridized carbons (Fsp3) is 0.292. The maximum absolute atomic E-state index is 12.7. The molecule has 0 spiro atoms. The smallest absolute Gasteiger partial charge is 0.251 e. The Labute approximate surface area is 183 Å². The van der Waals surface area contributed by atoms with Crippen LogP contribution in [-0.4, -0.2) is 57.1 Å². The highest BCUT2D eigenvalue weighted by molar-refractivity contribution is 7.89. The molecule has 0 aromatic heterocycles. The van der Waals surface area contributed by atoms with E-state index in [2.05, 4.69) is 10.2 Å². The van der Waals surface area contributed by atoms with Crippen LogP contribution in [0.2, 0.25) is 0 Å². The molecule has 1 N–H and O–H groups in total. The van der Waals surface area contributed by atoms with Gasteiger partial charge in [-0.25, -0.2) is 8.42 Å². The monoisotopic (exact) mass is 437 g/mol. The van der Waals surface area contributed by atoms with Gasteiger partial charge in [0.05, 0.1) is 5.75 Å². The zero-order chi connectivity index (χ0) is 21.7. The van der Waals surface area contributed by atoms with Crippen molar-refractivity contribution < 1.29 is 13.2 Å². The van der Waals surface area contributed by atoms with Gasteiger partial charge in [0.2, 0.25) is 10.0 Å². The van der Waals surface area contributed by atoms with Gasteiger partial charge in [-0.3, -0.25) is 4.79 Å². The Morgan fingerprint density at radius 2 is 1.52 bits per heavy atom. The maximum atomic E-state index is 12.7. The quantitative estimate of drug-likeness (QED) is 0.577. The number of sulfonamides is 1. The molecule has 7 heteroatoms. The predicted molar refractivity (Wildman–Crippen MR) is 125 cm³/mol. The van der Waals surface area contributed by atoms with E-state index in [0.29, 0.717) is 44.7 Å². The summed E-state index contributed by atoms with van der Waals surface area (Å²) in [6, 6.07) is 23.5. The fourth-order valence-corrected chi connectivity index (χ4v) is 5.37. The lowest BCUT2D eigenvalue weighted by atomic mass is 10.1. The average molecular weight is 438 g/mol. The van der Waals surface area contributed by atoms with Crippen molar-refractivity contribution in [1.29, 1.82) is 0 Å². The molecule has 0 radical (unpaired) electrons. The number of benzene rings is 3. The summed E-state index contributed by atoms with van der Waals surface area (Å²) in [5.41, 5.74) is 1.70. The Kier molecular flexibility index (Phi) is 6.53. The van der Waals surface area contributed by atoms with Gasteiger partial charge >= 0.3 is 0 Å². The molecule has 1 saturated heterocycles. The molecule has 1 aliphatic rings. The molecule has 0 atom stereocenters. The van der Waals surface area contributed by atoms with Crippen LogP contribution in [0, 0.1) is 0 Å². The van der Waals surface area contributed by atoms with Crippen molar-refractivity contribution in [2.45, 2.75) is 6.42 Å². The van der Waals surface area contributed by atoms with Gasteiger partial charge in [-0.2, -0.15) is 4.31 Å². The summed E-state index contributed by atoms with van der Waals surface area (Å²) in [5.74, 6) is -0.143. The molecule has 6 nitrogen and oxygen atoms in total. The van der Waals surface area contributed by atoms with Gasteiger partial charge < -0.3 is 10.2 Å². The van der Waals surface area contributed by atoms with Crippen LogP contribution in [0.25, 0.3) is 10.8 Å². The van der Waals surface area contributed by atoms with Crippen molar-refractivity contribution in [3.05, 3.63) is 78.4 Å². The number of carbonyl (C=O) groups excluding carboxylic acids is 1. The molecule has 0 aliphatic carbocycles. The number of piperazine rings is 1. The molecular weight excluding hydrogens is 410 g/mol. The number of para-hydroxylation sites is 1. The molecule has 3 aromatic carbocycles. The predicted octanol–water partition coefficient (Wildman–Crippen LogP) is 3.11. The first kappa shape index (κ1) is 21.3. The van der Waals surface area contributed by atoms with E-state index in [0.717, 1.165) is 16.5 Å². The highest BCUT2D eigenvalue weighted by Crippen LogP contribution is 2.18. The number of hydrogen-bond acceptors (Lipinski definition) is 4. The molecule has 4 rings (SSSR count). The number of amides is 1. The van der Waals surface area contributed by atoms with Crippen molar-refractivity contribution in [1.82, 2.24) is 9.62 Å². The molecule has 1 fully saturated rings. The van der Waals surface area contributed by atoms with Crippen molar-refractivity contribution >= 4 is 32.4 Å². The van der Waals surface area contributed by atoms with E-state index in [9.17, 15) is 13.2 Å². The Hall–Kier alpha value is -2.90. The van der Waals surface area contributed by atoms with Crippen LogP contribution in [0.3, 0.4) is 0 Å². The minimum absolute atomic E-state index is 0.0380. The number of nitrogens with one attached hydrogen (secondary N) is 1. The average Bonchev–Trinajstić information content (AvgIpc) is 2.82. The number of fused-ring (bicyclic) bond motifs is 1. The van der Waals surface area contributed by atoms with Gasteiger partial charge in [-0.1, -0.05) is 48.5 Å². The van der Waals surface area contributed by atoms with Crippen molar-refractivity contribution in [2.75, 3.05) is 43.4 Å². The van der Waals surface area contributed by atoms with E-state index in [1.165, 1.54) is 0 Å². The van der Waals surface area contributed by atoms with Crippen LogP contribution >= 0.6 is 0 Å². The SMILES string of the molecule is O=C(NCCCS(=O)(=O)N1CCN(c2ccccc2)CC1)c1ccc2ccccc2c1. The first-order valence-corrected chi connectivity index (χ1v) is 12.2. The summed E-state index contributed by atoms with van der Waals surface area (Å²) >= 11 is 0. The lowest BCUT2D eigenvalue weighted by molar-refractivity contribution is 0.0953. The fourth-order valence-electron chi connectivity index (χ4n) is 3.88. The van der Waals surface area contributed by atoms with Gasteiger partial charge in [0.1, 0.15) is 0 Å². The normalized spacial score (nSPS) is 15.2. The molecule has 3 aromatic rings. The summed E-state index contributed by atoms with van der Waals surface area (Å²) < 4.78 is 26.9. The zero-order valence-electron chi connectivity index (χ0n) is 17.4. The topological polar surface area (TPSA) is 69.7 Å². The summed E-state index contributed by atoms with van der Waals surface area (Å²) in [6.07, 6.45) is 0.389. The van der Waals surface area contributed by atoms with Crippen LogP contribution in [0.4, 0.5) is 5.69 Å². The van der Waals surface area contributed by atoms with Crippen LogP contribution in [0.5, 0.6) is 0 Å². The number of rotatable bonds is 7. The third-order valence-electron chi connectivity index (χ3n) is 5.63. The second-order valence-electron chi connectivity index (χ2n) is 7.71. The van der Waals surface area contributed by atoms with Crippen LogP contribution < -0.4 is 10.2 Å².